The van der Waals surface area contributed by atoms with Gasteiger partial charge in [-0.2, -0.15) is 0 Å². The van der Waals surface area contributed by atoms with Gasteiger partial charge in [0.2, 0.25) is 0 Å². The number of carbonyl (C=O) groups excluding carboxylic acids is 1. The molecule has 0 rings (SSSR count). The molecule has 12 heavy (non-hydrogen) atoms. The number of rotatable bonds is 5. The van der Waals surface area contributed by atoms with E-state index >= 15 is 0 Å². The Morgan fingerprint density at radius 1 is 1.25 bits per heavy atom. The van der Waals surface area contributed by atoms with Gasteiger partial charge < -0.3 is 5.11 Å². The van der Waals surface area contributed by atoms with Crippen molar-refractivity contribution in [2.24, 2.45) is 11.8 Å². The summed E-state index contributed by atoms with van der Waals surface area (Å²) in [5.41, 5.74) is 0. The first-order valence-electron chi connectivity index (χ1n) is 4.18. The van der Waals surface area contributed by atoms with Gasteiger partial charge in [-0.25, -0.2) is 0 Å². The molecule has 70 valence electrons. The fourth-order valence-corrected chi connectivity index (χ4v) is 1.00. The first-order valence-corrected chi connectivity index (χ1v) is 4.18. The Balaban J connectivity index is 3.97. The molecule has 0 aliphatic rings. The molecule has 3 nitrogen and oxygen atoms in total. The molecular weight excluding hydrogens is 156 g/mol. The minimum atomic E-state index is -0.997. The molecule has 0 spiro atoms. The summed E-state index contributed by atoms with van der Waals surface area (Å²) in [5, 5.41) is 8.64. The molecule has 0 saturated heterocycles. The van der Waals surface area contributed by atoms with E-state index in [-0.39, 0.29) is 5.78 Å². The van der Waals surface area contributed by atoms with Gasteiger partial charge in [-0.05, 0) is 25.7 Å². The quantitative estimate of drug-likeness (QED) is 0.642. The average molecular weight is 172 g/mol. The van der Waals surface area contributed by atoms with Crippen LogP contribution in [0.2, 0.25) is 0 Å². The second-order valence-corrected chi connectivity index (χ2v) is 3.47. The van der Waals surface area contributed by atoms with Crippen molar-refractivity contribution in [3.63, 3.8) is 0 Å². The summed E-state index contributed by atoms with van der Waals surface area (Å²) in [7, 11) is 0. The van der Waals surface area contributed by atoms with E-state index in [4.69, 9.17) is 5.11 Å². The van der Waals surface area contributed by atoms with Crippen LogP contribution in [-0.2, 0) is 9.59 Å². The zero-order valence-electron chi connectivity index (χ0n) is 7.83. The summed E-state index contributed by atoms with van der Waals surface area (Å²) in [6.45, 7) is 5.36. The molecular formula is C9H16O3. The smallest absolute Gasteiger partial charge is 0.314 e. The minimum absolute atomic E-state index is 0.247. The number of ketones is 1. The zero-order chi connectivity index (χ0) is 9.72. The van der Waals surface area contributed by atoms with Gasteiger partial charge in [0.05, 0.1) is 0 Å². The van der Waals surface area contributed by atoms with E-state index in [1.807, 2.05) is 13.8 Å². The third-order valence-electron chi connectivity index (χ3n) is 1.82. The summed E-state index contributed by atoms with van der Waals surface area (Å²) in [6.07, 6.45) is 1.25. The van der Waals surface area contributed by atoms with E-state index in [1.165, 1.54) is 6.92 Å². The van der Waals surface area contributed by atoms with Gasteiger partial charge in [-0.15, -0.1) is 0 Å². The van der Waals surface area contributed by atoms with Gasteiger partial charge in [0.15, 0.2) is 0 Å². The number of Topliss-reactive ketones (excluding diaryl/α,β-unsaturated/α-hetero) is 1. The summed E-state index contributed by atoms with van der Waals surface area (Å²) in [5.74, 6) is -1.59. The highest BCUT2D eigenvalue weighted by atomic mass is 16.4. The first kappa shape index (κ1) is 11.1. The highest BCUT2D eigenvalue weighted by Crippen LogP contribution is 2.13. The number of hydrogen-bond donors (Lipinski definition) is 1. The maximum atomic E-state index is 10.8. The molecule has 0 aliphatic carbocycles. The maximum Gasteiger partial charge on any atom is 0.314 e. The highest BCUT2D eigenvalue weighted by Gasteiger charge is 2.21. The molecule has 0 aromatic heterocycles. The molecule has 0 aromatic rings. The van der Waals surface area contributed by atoms with Crippen LogP contribution in [-0.4, -0.2) is 16.9 Å². The van der Waals surface area contributed by atoms with E-state index < -0.39 is 11.9 Å². The molecule has 0 saturated carbocycles. The molecule has 0 heterocycles. The van der Waals surface area contributed by atoms with Crippen LogP contribution in [0, 0.1) is 11.8 Å². The number of hydrogen-bond acceptors (Lipinski definition) is 2. The van der Waals surface area contributed by atoms with Gasteiger partial charge in [0.25, 0.3) is 0 Å². The Bertz CT molecular complexity index is 159. The summed E-state index contributed by atoms with van der Waals surface area (Å²) < 4.78 is 0. The van der Waals surface area contributed by atoms with Crippen molar-refractivity contribution >= 4 is 11.8 Å². The summed E-state index contributed by atoms with van der Waals surface area (Å²) in [4.78, 5) is 21.3. The van der Waals surface area contributed by atoms with Gasteiger partial charge in [0, 0.05) is 0 Å². The fourth-order valence-electron chi connectivity index (χ4n) is 1.00. The van der Waals surface area contributed by atoms with Crippen molar-refractivity contribution in [1.29, 1.82) is 0 Å². The predicted octanol–water partition coefficient (Wildman–Crippen LogP) is 1.71. The van der Waals surface area contributed by atoms with Crippen LogP contribution in [0.15, 0.2) is 0 Å². The molecule has 0 aliphatic heterocycles. The van der Waals surface area contributed by atoms with Gasteiger partial charge >= 0.3 is 5.97 Å². The number of aliphatic carboxylic acids is 1. The Labute approximate surface area is 72.8 Å². The number of carboxylic acids is 1. The zero-order valence-corrected chi connectivity index (χ0v) is 7.83. The molecule has 0 amide bonds. The van der Waals surface area contributed by atoms with Crippen LogP contribution in [0.5, 0.6) is 0 Å². The molecule has 3 heteroatoms. The summed E-state index contributed by atoms with van der Waals surface area (Å²) >= 11 is 0. The first-order chi connectivity index (χ1) is 5.45. The lowest BCUT2D eigenvalue weighted by molar-refractivity contribution is -0.146. The number of carboxylic acid groups (broad SMARTS) is 1. The van der Waals surface area contributed by atoms with E-state index in [1.54, 1.807) is 0 Å². The number of carbonyl (C=O) groups is 2. The van der Waals surface area contributed by atoms with Crippen LogP contribution >= 0.6 is 0 Å². The molecule has 1 N–H and O–H groups in total. The second-order valence-electron chi connectivity index (χ2n) is 3.47. The van der Waals surface area contributed by atoms with Crippen LogP contribution < -0.4 is 0 Å². The van der Waals surface area contributed by atoms with E-state index in [9.17, 15) is 9.59 Å². The van der Waals surface area contributed by atoms with Crippen molar-refractivity contribution < 1.29 is 14.7 Å². The third-order valence-corrected chi connectivity index (χ3v) is 1.82. The lowest BCUT2D eigenvalue weighted by atomic mass is 9.95. The molecule has 0 bridgehead atoms. The Morgan fingerprint density at radius 3 is 2.00 bits per heavy atom. The second kappa shape index (κ2) is 4.91. The highest BCUT2D eigenvalue weighted by molar-refractivity contribution is 5.96. The molecule has 0 radical (unpaired) electrons. The van der Waals surface area contributed by atoms with Crippen molar-refractivity contribution in [2.45, 2.75) is 33.6 Å². The molecule has 1 atom stereocenters. The van der Waals surface area contributed by atoms with E-state index in [2.05, 4.69) is 0 Å². The van der Waals surface area contributed by atoms with Gasteiger partial charge in [0.1, 0.15) is 11.7 Å². The van der Waals surface area contributed by atoms with Crippen LogP contribution in [0.3, 0.4) is 0 Å². The average Bonchev–Trinajstić information content (AvgIpc) is 1.84. The third kappa shape index (κ3) is 4.11. The van der Waals surface area contributed by atoms with Gasteiger partial charge in [-0.3, -0.25) is 9.59 Å². The monoisotopic (exact) mass is 172 g/mol. The standard InChI is InChI=1S/C9H16O3/c1-6(2)4-5-8(7(3)10)9(11)12/h6,8H,4-5H2,1-3H3,(H,11,12)/t8-/m1/s1. The van der Waals surface area contributed by atoms with E-state index in [0.717, 1.165) is 6.42 Å². The van der Waals surface area contributed by atoms with Crippen LogP contribution in [0.1, 0.15) is 33.6 Å². The topological polar surface area (TPSA) is 54.4 Å². The van der Waals surface area contributed by atoms with Crippen LogP contribution in [0.4, 0.5) is 0 Å². The largest absolute Gasteiger partial charge is 0.481 e. The predicted molar refractivity (Wildman–Crippen MR) is 45.9 cm³/mol. The Morgan fingerprint density at radius 2 is 1.75 bits per heavy atom. The fraction of sp³-hybridized carbons (Fsp3) is 0.778. The van der Waals surface area contributed by atoms with Gasteiger partial charge in [-0.1, -0.05) is 13.8 Å². The Hall–Kier alpha value is -0.860. The molecule has 0 unspecified atom stereocenters. The van der Waals surface area contributed by atoms with Crippen LogP contribution in [0.25, 0.3) is 0 Å². The molecule has 0 fully saturated rings. The van der Waals surface area contributed by atoms with Crippen molar-refractivity contribution in [3.05, 3.63) is 0 Å². The minimum Gasteiger partial charge on any atom is -0.481 e. The lowest BCUT2D eigenvalue weighted by Crippen LogP contribution is -2.21. The van der Waals surface area contributed by atoms with E-state index in [0.29, 0.717) is 12.3 Å². The normalized spacial score (nSPS) is 13.0. The SMILES string of the molecule is CC(=O)[C@@H](CCC(C)C)C(=O)O. The lowest BCUT2D eigenvalue weighted by Gasteiger charge is -2.09. The maximum absolute atomic E-state index is 10.8. The van der Waals surface area contributed by atoms with Crippen molar-refractivity contribution in [3.8, 4) is 0 Å². The Kier molecular flexibility index (Phi) is 4.55. The summed E-state index contributed by atoms with van der Waals surface area (Å²) in [6, 6.07) is 0. The molecule has 0 aromatic carbocycles. The van der Waals surface area contributed by atoms with Crippen molar-refractivity contribution in [2.75, 3.05) is 0 Å². The van der Waals surface area contributed by atoms with Crippen molar-refractivity contribution in [1.82, 2.24) is 0 Å².